The van der Waals surface area contributed by atoms with E-state index in [1.807, 2.05) is 49.1 Å². The molecule has 0 atom stereocenters. The number of aryl methyl sites for hydroxylation is 1. The van der Waals surface area contributed by atoms with Crippen molar-refractivity contribution in [2.45, 2.75) is 32.6 Å². The van der Waals surface area contributed by atoms with Gasteiger partial charge in [0, 0.05) is 23.0 Å². The van der Waals surface area contributed by atoms with Crippen LogP contribution in [0, 0.1) is 0 Å². The van der Waals surface area contributed by atoms with Gasteiger partial charge >= 0.3 is 11.9 Å². The largest absolute Gasteiger partial charge is 0.466 e. The third-order valence-electron chi connectivity index (χ3n) is 5.87. The molecule has 2 aromatic carbocycles. The molecule has 32 heavy (non-hydrogen) atoms. The van der Waals surface area contributed by atoms with Gasteiger partial charge in [0.1, 0.15) is 0 Å². The van der Waals surface area contributed by atoms with Gasteiger partial charge in [0.15, 0.2) is 0 Å². The first-order chi connectivity index (χ1) is 15.4. The third-order valence-corrected chi connectivity index (χ3v) is 6.12. The maximum absolute atomic E-state index is 12.9. The molecule has 1 heterocycles. The number of esters is 2. The summed E-state index contributed by atoms with van der Waals surface area (Å²) < 4.78 is 10.3. The Balaban J connectivity index is 2.04. The number of hydrogen-bond donors (Lipinski definition) is 0. The highest BCUT2D eigenvalue weighted by atomic mass is 35.5. The second kappa shape index (κ2) is 10.5. The second-order valence-corrected chi connectivity index (χ2v) is 8.14. The summed E-state index contributed by atoms with van der Waals surface area (Å²) in [7, 11) is 2.70. The molecule has 168 valence electrons. The Hall–Kier alpha value is -3.05. The van der Waals surface area contributed by atoms with E-state index in [0.717, 1.165) is 29.8 Å². The standard InChI is InChI=1S/C26H28ClNO4/c1-17-22(25(29)31-3)24(20-12-14-21(27)15-13-20)23(26(30)32-4)18(2)28(17)16-8-11-19-9-6-5-7-10-19/h5-7,9-10,12-15,24H,8,11,16H2,1-4H3. The lowest BCUT2D eigenvalue weighted by Crippen LogP contribution is -2.35. The molecule has 0 bridgehead atoms. The van der Waals surface area contributed by atoms with Gasteiger partial charge in [0.2, 0.25) is 0 Å². The van der Waals surface area contributed by atoms with Crippen LogP contribution in [0.25, 0.3) is 0 Å². The van der Waals surface area contributed by atoms with Crippen LogP contribution < -0.4 is 0 Å². The van der Waals surface area contributed by atoms with E-state index in [2.05, 4.69) is 12.1 Å². The number of carbonyl (C=O) groups is 2. The Labute approximate surface area is 194 Å². The van der Waals surface area contributed by atoms with Crippen LogP contribution in [0.1, 0.15) is 37.3 Å². The predicted molar refractivity (Wildman–Crippen MR) is 125 cm³/mol. The second-order valence-electron chi connectivity index (χ2n) is 7.71. The van der Waals surface area contributed by atoms with Crippen molar-refractivity contribution in [3.05, 3.63) is 93.3 Å². The average Bonchev–Trinajstić information content (AvgIpc) is 2.81. The van der Waals surface area contributed by atoms with E-state index in [1.54, 1.807) is 12.1 Å². The first-order valence-electron chi connectivity index (χ1n) is 10.5. The highest BCUT2D eigenvalue weighted by molar-refractivity contribution is 6.30. The molecule has 1 aliphatic rings. The van der Waals surface area contributed by atoms with Crippen molar-refractivity contribution in [2.24, 2.45) is 0 Å². The highest BCUT2D eigenvalue weighted by Gasteiger charge is 2.40. The Bertz CT molecular complexity index is 1000. The molecule has 0 amide bonds. The van der Waals surface area contributed by atoms with Crippen molar-refractivity contribution in [3.8, 4) is 0 Å². The van der Waals surface area contributed by atoms with Crippen LogP contribution in [0.3, 0.4) is 0 Å². The minimum absolute atomic E-state index is 0.431. The van der Waals surface area contributed by atoms with E-state index in [1.165, 1.54) is 19.8 Å². The van der Waals surface area contributed by atoms with Crippen LogP contribution in [-0.4, -0.2) is 37.6 Å². The lowest BCUT2D eigenvalue weighted by atomic mass is 9.79. The first-order valence-corrected chi connectivity index (χ1v) is 10.9. The summed E-state index contributed by atoms with van der Waals surface area (Å²) in [6.45, 7) is 4.45. The van der Waals surface area contributed by atoms with Crippen LogP contribution in [-0.2, 0) is 25.5 Å². The lowest BCUT2D eigenvalue weighted by Gasteiger charge is -2.37. The van der Waals surface area contributed by atoms with Crippen molar-refractivity contribution in [2.75, 3.05) is 20.8 Å². The minimum Gasteiger partial charge on any atom is -0.466 e. The van der Waals surface area contributed by atoms with Gasteiger partial charge < -0.3 is 14.4 Å². The molecule has 0 aliphatic carbocycles. The molecular weight excluding hydrogens is 426 g/mol. The van der Waals surface area contributed by atoms with Gasteiger partial charge in [-0.15, -0.1) is 0 Å². The van der Waals surface area contributed by atoms with E-state index in [0.29, 0.717) is 22.7 Å². The number of hydrogen-bond acceptors (Lipinski definition) is 5. The Morgan fingerprint density at radius 3 is 1.91 bits per heavy atom. The third kappa shape index (κ3) is 4.89. The molecule has 2 aromatic rings. The van der Waals surface area contributed by atoms with E-state index < -0.39 is 17.9 Å². The highest BCUT2D eigenvalue weighted by Crippen LogP contribution is 2.43. The molecule has 0 radical (unpaired) electrons. The van der Waals surface area contributed by atoms with Crippen LogP contribution in [0.5, 0.6) is 0 Å². The van der Waals surface area contributed by atoms with Gasteiger partial charge in [0.25, 0.3) is 0 Å². The average molecular weight is 454 g/mol. The number of allylic oxidation sites excluding steroid dienone is 2. The van der Waals surface area contributed by atoms with E-state index in [-0.39, 0.29) is 0 Å². The number of halogens is 1. The van der Waals surface area contributed by atoms with Crippen molar-refractivity contribution in [1.29, 1.82) is 0 Å². The molecule has 5 nitrogen and oxygen atoms in total. The molecule has 6 heteroatoms. The lowest BCUT2D eigenvalue weighted by molar-refractivity contribution is -0.137. The van der Waals surface area contributed by atoms with Crippen LogP contribution in [0.2, 0.25) is 5.02 Å². The molecular formula is C26H28ClNO4. The summed E-state index contributed by atoms with van der Waals surface area (Å²) in [5, 5.41) is 0.577. The molecule has 0 saturated heterocycles. The van der Waals surface area contributed by atoms with Gasteiger partial charge in [-0.3, -0.25) is 0 Å². The molecule has 0 N–H and O–H groups in total. The van der Waals surface area contributed by atoms with E-state index >= 15 is 0 Å². The molecule has 0 saturated carbocycles. The summed E-state index contributed by atoms with van der Waals surface area (Å²) in [5.41, 5.74) is 4.43. The van der Waals surface area contributed by atoms with Gasteiger partial charge in [-0.2, -0.15) is 0 Å². The number of benzene rings is 2. The predicted octanol–water partition coefficient (Wildman–Crippen LogP) is 5.27. The van der Waals surface area contributed by atoms with E-state index in [9.17, 15) is 9.59 Å². The van der Waals surface area contributed by atoms with Crippen molar-refractivity contribution < 1.29 is 19.1 Å². The number of nitrogens with zero attached hydrogens (tertiary/aromatic N) is 1. The Morgan fingerprint density at radius 2 is 1.41 bits per heavy atom. The smallest absolute Gasteiger partial charge is 0.336 e. The van der Waals surface area contributed by atoms with Gasteiger partial charge in [-0.1, -0.05) is 54.1 Å². The van der Waals surface area contributed by atoms with Crippen LogP contribution in [0.4, 0.5) is 0 Å². The van der Waals surface area contributed by atoms with Gasteiger partial charge in [-0.05, 0) is 49.9 Å². The van der Waals surface area contributed by atoms with Crippen LogP contribution in [0.15, 0.2) is 77.1 Å². The maximum atomic E-state index is 12.9. The topological polar surface area (TPSA) is 55.8 Å². The molecule has 0 spiro atoms. The SMILES string of the molecule is COC(=O)C1=C(C)N(CCCc2ccccc2)C(C)=C(C(=O)OC)C1c1ccc(Cl)cc1. The number of rotatable bonds is 7. The zero-order valence-electron chi connectivity index (χ0n) is 18.9. The summed E-state index contributed by atoms with van der Waals surface area (Å²) in [5.74, 6) is -1.54. The van der Waals surface area contributed by atoms with Gasteiger partial charge in [0.05, 0.1) is 31.3 Å². The molecule has 3 rings (SSSR count). The fourth-order valence-electron chi connectivity index (χ4n) is 4.27. The number of ether oxygens (including phenoxy) is 2. The van der Waals surface area contributed by atoms with E-state index in [4.69, 9.17) is 21.1 Å². The van der Waals surface area contributed by atoms with Gasteiger partial charge in [-0.25, -0.2) is 9.59 Å². The first kappa shape index (κ1) is 23.6. The molecule has 0 aromatic heterocycles. The molecule has 0 unspecified atom stereocenters. The van der Waals surface area contributed by atoms with Crippen molar-refractivity contribution >= 4 is 23.5 Å². The molecule has 0 fully saturated rings. The Kier molecular flexibility index (Phi) is 7.75. The van der Waals surface area contributed by atoms with Crippen LogP contribution >= 0.6 is 11.6 Å². The zero-order valence-corrected chi connectivity index (χ0v) is 19.6. The summed E-state index contributed by atoms with van der Waals surface area (Å²) >= 11 is 6.08. The minimum atomic E-state index is -0.599. The maximum Gasteiger partial charge on any atom is 0.336 e. The number of methoxy groups -OCH3 is 2. The fraction of sp³-hybridized carbons (Fsp3) is 0.308. The fourth-order valence-corrected chi connectivity index (χ4v) is 4.39. The monoisotopic (exact) mass is 453 g/mol. The zero-order chi connectivity index (χ0) is 23.3. The summed E-state index contributed by atoms with van der Waals surface area (Å²) in [6.07, 6.45) is 1.74. The van der Waals surface area contributed by atoms with Crippen molar-refractivity contribution in [3.63, 3.8) is 0 Å². The van der Waals surface area contributed by atoms with Crippen molar-refractivity contribution in [1.82, 2.24) is 4.90 Å². The molecule has 1 aliphatic heterocycles. The quantitative estimate of drug-likeness (QED) is 0.535. The Morgan fingerprint density at radius 1 is 0.875 bits per heavy atom. The normalized spacial score (nSPS) is 14.6. The number of carbonyl (C=O) groups excluding carboxylic acids is 2. The summed E-state index contributed by atoms with van der Waals surface area (Å²) in [4.78, 5) is 27.9. The summed E-state index contributed by atoms with van der Waals surface area (Å²) in [6, 6.07) is 17.4.